The fourth-order valence-electron chi connectivity index (χ4n) is 2.15. The Hall–Kier alpha value is -1.69. The molecule has 0 radical (unpaired) electrons. The minimum atomic E-state index is -0.296. The second-order valence-electron chi connectivity index (χ2n) is 5.24. The van der Waals surface area contributed by atoms with Crippen LogP contribution >= 0.6 is 39.7 Å². The van der Waals surface area contributed by atoms with Crippen LogP contribution in [0.1, 0.15) is 16.7 Å². The average Bonchev–Trinajstić information content (AvgIpc) is 2.50. The molecular formula is C18H16BrClN2OS. The van der Waals surface area contributed by atoms with Gasteiger partial charge < -0.3 is 5.32 Å². The maximum atomic E-state index is 11.9. The Morgan fingerprint density at radius 1 is 1.17 bits per heavy atom. The number of amides is 1. The lowest BCUT2D eigenvalue weighted by atomic mass is 10.1. The summed E-state index contributed by atoms with van der Waals surface area (Å²) in [4.78, 5) is 11.9. The highest BCUT2D eigenvalue weighted by molar-refractivity contribution is 9.10. The van der Waals surface area contributed by atoms with Gasteiger partial charge in [0.25, 0.3) is 0 Å². The number of hydrogen-bond donors (Lipinski definition) is 2. The number of halogens is 2. The number of anilines is 1. The molecule has 0 spiro atoms. The number of nitrogens with one attached hydrogen (secondary N) is 2. The van der Waals surface area contributed by atoms with Crippen molar-refractivity contribution in [2.24, 2.45) is 0 Å². The van der Waals surface area contributed by atoms with E-state index in [-0.39, 0.29) is 11.0 Å². The minimum Gasteiger partial charge on any atom is -0.332 e. The van der Waals surface area contributed by atoms with E-state index in [4.69, 9.17) is 23.8 Å². The van der Waals surface area contributed by atoms with Gasteiger partial charge in [0.15, 0.2) is 5.11 Å². The van der Waals surface area contributed by atoms with Crippen LogP contribution < -0.4 is 10.6 Å². The smallest absolute Gasteiger partial charge is 0.250 e. The normalized spacial score (nSPS) is 10.7. The largest absolute Gasteiger partial charge is 0.332 e. The molecule has 0 aliphatic heterocycles. The van der Waals surface area contributed by atoms with Gasteiger partial charge in [-0.2, -0.15) is 0 Å². The van der Waals surface area contributed by atoms with Gasteiger partial charge in [-0.3, -0.25) is 10.1 Å². The molecule has 0 atom stereocenters. The van der Waals surface area contributed by atoms with Crippen LogP contribution in [0.25, 0.3) is 6.08 Å². The van der Waals surface area contributed by atoms with E-state index in [2.05, 4.69) is 26.6 Å². The number of benzene rings is 2. The maximum Gasteiger partial charge on any atom is 0.250 e. The fraction of sp³-hybridized carbons (Fsp3) is 0.111. The van der Waals surface area contributed by atoms with E-state index < -0.39 is 0 Å². The van der Waals surface area contributed by atoms with E-state index >= 15 is 0 Å². The summed E-state index contributed by atoms with van der Waals surface area (Å²) < 4.78 is 1.00. The molecule has 124 valence electrons. The Bertz CT molecular complexity index is 780. The van der Waals surface area contributed by atoms with Crippen molar-refractivity contribution in [1.29, 1.82) is 0 Å². The van der Waals surface area contributed by atoms with Crippen LogP contribution in [0.2, 0.25) is 5.02 Å². The van der Waals surface area contributed by atoms with E-state index in [0.717, 1.165) is 26.9 Å². The Balaban J connectivity index is 1.97. The molecule has 0 heterocycles. The van der Waals surface area contributed by atoms with Gasteiger partial charge in [-0.05, 0) is 73.1 Å². The standard InChI is InChI=1S/C18H16BrClN2OS/c1-11-9-14(19)10-12(2)17(11)22-18(24)21-16(23)8-5-13-3-6-15(20)7-4-13/h3-10H,1-2H3,(H2,21,22,23,24)/b8-5+. The van der Waals surface area contributed by atoms with Crippen LogP contribution in [0.3, 0.4) is 0 Å². The lowest BCUT2D eigenvalue weighted by molar-refractivity contribution is -0.115. The molecule has 0 saturated heterocycles. The zero-order valence-electron chi connectivity index (χ0n) is 13.2. The van der Waals surface area contributed by atoms with E-state index in [1.807, 2.05) is 38.1 Å². The molecule has 1 amide bonds. The van der Waals surface area contributed by atoms with Crippen LogP contribution in [-0.2, 0) is 4.79 Å². The predicted octanol–water partition coefficient (Wildman–Crippen LogP) is 5.25. The molecule has 0 saturated carbocycles. The summed E-state index contributed by atoms with van der Waals surface area (Å²) in [6.45, 7) is 3.95. The highest BCUT2D eigenvalue weighted by atomic mass is 79.9. The van der Waals surface area contributed by atoms with Crippen molar-refractivity contribution in [2.75, 3.05) is 5.32 Å². The Morgan fingerprint density at radius 3 is 2.33 bits per heavy atom. The van der Waals surface area contributed by atoms with Crippen molar-refractivity contribution in [3.63, 3.8) is 0 Å². The first-order chi connectivity index (χ1) is 11.3. The predicted molar refractivity (Wildman–Crippen MR) is 108 cm³/mol. The lowest BCUT2D eigenvalue weighted by Crippen LogP contribution is -2.33. The van der Waals surface area contributed by atoms with Gasteiger partial charge in [-0.15, -0.1) is 0 Å². The lowest BCUT2D eigenvalue weighted by Gasteiger charge is -2.14. The average molecular weight is 424 g/mol. The van der Waals surface area contributed by atoms with Crippen molar-refractivity contribution >= 4 is 62.5 Å². The quantitative estimate of drug-likeness (QED) is 0.523. The van der Waals surface area contributed by atoms with Gasteiger partial charge in [0, 0.05) is 21.3 Å². The van der Waals surface area contributed by atoms with Gasteiger partial charge in [0.2, 0.25) is 5.91 Å². The number of aryl methyl sites for hydroxylation is 2. The molecule has 0 aliphatic carbocycles. The van der Waals surface area contributed by atoms with Crippen LogP contribution in [-0.4, -0.2) is 11.0 Å². The van der Waals surface area contributed by atoms with E-state index in [9.17, 15) is 4.79 Å². The molecule has 0 unspecified atom stereocenters. The minimum absolute atomic E-state index is 0.259. The maximum absolute atomic E-state index is 11.9. The Labute approximate surface area is 160 Å². The molecule has 24 heavy (non-hydrogen) atoms. The summed E-state index contributed by atoms with van der Waals surface area (Å²) in [5.74, 6) is -0.296. The number of rotatable bonds is 3. The van der Waals surface area contributed by atoms with Crippen molar-refractivity contribution in [3.8, 4) is 0 Å². The van der Waals surface area contributed by atoms with Crippen molar-refractivity contribution in [3.05, 3.63) is 68.7 Å². The van der Waals surface area contributed by atoms with Crippen molar-refractivity contribution in [1.82, 2.24) is 5.32 Å². The van der Waals surface area contributed by atoms with Crippen LogP contribution in [0.15, 0.2) is 46.9 Å². The van der Waals surface area contributed by atoms with Crippen molar-refractivity contribution in [2.45, 2.75) is 13.8 Å². The van der Waals surface area contributed by atoms with E-state index in [1.165, 1.54) is 6.08 Å². The van der Waals surface area contributed by atoms with Crippen LogP contribution in [0.5, 0.6) is 0 Å². The zero-order chi connectivity index (χ0) is 17.7. The molecule has 0 fully saturated rings. The van der Waals surface area contributed by atoms with E-state index in [1.54, 1.807) is 18.2 Å². The van der Waals surface area contributed by atoms with Crippen LogP contribution in [0, 0.1) is 13.8 Å². The first kappa shape index (κ1) is 18.6. The molecule has 6 heteroatoms. The third-order valence-corrected chi connectivity index (χ3v) is 4.18. The first-order valence-electron chi connectivity index (χ1n) is 7.17. The van der Waals surface area contributed by atoms with Gasteiger partial charge in [-0.1, -0.05) is 39.7 Å². The molecule has 2 aromatic carbocycles. The van der Waals surface area contributed by atoms with Crippen LogP contribution in [0.4, 0.5) is 5.69 Å². The molecule has 0 aliphatic rings. The highest BCUT2D eigenvalue weighted by Crippen LogP contribution is 2.24. The number of carbonyl (C=O) groups is 1. The summed E-state index contributed by atoms with van der Waals surface area (Å²) in [6.07, 6.45) is 3.13. The molecular weight excluding hydrogens is 408 g/mol. The Morgan fingerprint density at radius 2 is 1.75 bits per heavy atom. The summed E-state index contributed by atoms with van der Waals surface area (Å²) in [5.41, 5.74) is 3.85. The molecule has 0 bridgehead atoms. The Kier molecular flexibility index (Phi) is 6.54. The topological polar surface area (TPSA) is 41.1 Å². The van der Waals surface area contributed by atoms with Gasteiger partial charge in [0.1, 0.15) is 0 Å². The fourth-order valence-corrected chi connectivity index (χ4v) is 3.17. The molecule has 0 aromatic heterocycles. The SMILES string of the molecule is Cc1cc(Br)cc(C)c1NC(=S)NC(=O)/C=C/c1ccc(Cl)cc1. The summed E-state index contributed by atoms with van der Waals surface area (Å²) in [5, 5.41) is 6.62. The van der Waals surface area contributed by atoms with Crippen molar-refractivity contribution < 1.29 is 4.79 Å². The van der Waals surface area contributed by atoms with Gasteiger partial charge in [0.05, 0.1) is 0 Å². The van der Waals surface area contributed by atoms with E-state index in [0.29, 0.717) is 5.02 Å². The highest BCUT2D eigenvalue weighted by Gasteiger charge is 2.07. The monoisotopic (exact) mass is 422 g/mol. The first-order valence-corrected chi connectivity index (χ1v) is 8.75. The third kappa shape index (κ3) is 5.44. The molecule has 2 rings (SSSR count). The summed E-state index contributed by atoms with van der Waals surface area (Å²) in [6, 6.07) is 11.2. The number of hydrogen-bond acceptors (Lipinski definition) is 2. The third-order valence-electron chi connectivity index (χ3n) is 3.27. The second-order valence-corrected chi connectivity index (χ2v) is 7.00. The molecule has 2 aromatic rings. The summed E-state index contributed by atoms with van der Waals surface area (Å²) in [7, 11) is 0. The van der Waals surface area contributed by atoms with Gasteiger partial charge in [-0.25, -0.2) is 0 Å². The molecule has 3 nitrogen and oxygen atoms in total. The number of carbonyl (C=O) groups excluding carboxylic acids is 1. The summed E-state index contributed by atoms with van der Waals surface area (Å²) >= 11 is 14.5. The second kappa shape index (κ2) is 8.42. The molecule has 2 N–H and O–H groups in total. The van der Waals surface area contributed by atoms with Gasteiger partial charge >= 0.3 is 0 Å². The number of thiocarbonyl (C=S) groups is 1. The zero-order valence-corrected chi connectivity index (χ0v) is 16.3.